The molecule has 0 fully saturated rings. The Balaban J connectivity index is -0.000000480. The molecule has 1 aliphatic rings. The number of rotatable bonds is 3. The third-order valence-corrected chi connectivity index (χ3v) is 1.51. The molecule has 0 bridgehead atoms. The van der Waals surface area contributed by atoms with E-state index in [1.54, 1.807) is 18.2 Å². The van der Waals surface area contributed by atoms with Crippen LogP contribution in [0.3, 0.4) is 0 Å². The number of nitrogens with one attached hydrogen (secondary N) is 2. The largest absolute Gasteiger partial charge is 2.00 e. The molecular formula is C8H10Cl2MnN2O2. The van der Waals surface area contributed by atoms with Crippen LogP contribution in [0.2, 0.25) is 0 Å². The molecule has 7 heteroatoms. The van der Waals surface area contributed by atoms with E-state index in [4.69, 9.17) is 20.3 Å². The Hall–Kier alpha value is -0.321. The minimum atomic E-state index is -0.475. The molecule has 15 heavy (non-hydrogen) atoms. The monoisotopic (exact) mass is 291 g/mol. The Morgan fingerprint density at radius 2 is 2.00 bits per heavy atom. The van der Waals surface area contributed by atoms with Gasteiger partial charge in [0.25, 0.3) is 0 Å². The first-order valence-electron chi connectivity index (χ1n) is 3.44. The fourth-order valence-electron chi connectivity index (χ4n) is 0.987. The molecule has 0 spiro atoms. The van der Waals surface area contributed by atoms with Crippen LogP contribution in [0.25, 0.3) is 0 Å². The van der Waals surface area contributed by atoms with Gasteiger partial charge in [0.1, 0.15) is 5.76 Å². The van der Waals surface area contributed by atoms with Crippen LogP contribution in [-0.2, 0) is 26.5 Å². The summed E-state index contributed by atoms with van der Waals surface area (Å²) in [6, 6.07) is 0. The van der Waals surface area contributed by atoms with Crippen molar-refractivity contribution in [1.29, 1.82) is 10.8 Å². The predicted octanol–water partition coefficient (Wildman–Crippen LogP) is -4.90. The zero-order chi connectivity index (χ0) is 8.97. The second kappa shape index (κ2) is 10.2. The number of methoxy groups -OCH3 is 1. The molecule has 0 aromatic carbocycles. The molecule has 85 valence electrons. The third-order valence-electron chi connectivity index (χ3n) is 1.51. The maximum Gasteiger partial charge on any atom is 2.00 e. The van der Waals surface area contributed by atoms with Crippen molar-refractivity contribution in [2.75, 3.05) is 7.11 Å². The van der Waals surface area contributed by atoms with Gasteiger partial charge in [-0.1, -0.05) is 6.08 Å². The summed E-state index contributed by atoms with van der Waals surface area (Å²) in [6.07, 6.45) is 5.35. The van der Waals surface area contributed by atoms with E-state index in [1.165, 1.54) is 7.11 Å². The summed E-state index contributed by atoms with van der Waals surface area (Å²) in [5, 5.41) is 14.2. The first-order chi connectivity index (χ1) is 5.79. The number of hydrogen-bond acceptors (Lipinski definition) is 4. The molecule has 1 unspecified atom stereocenters. The quantitative estimate of drug-likeness (QED) is 0.311. The second-order valence-corrected chi connectivity index (χ2v) is 2.23. The fraction of sp³-hybridized carbons (Fsp3) is 0.250. The first-order valence-corrected chi connectivity index (χ1v) is 3.44. The van der Waals surface area contributed by atoms with E-state index in [1.807, 2.05) is 0 Å². The van der Waals surface area contributed by atoms with E-state index in [2.05, 4.69) is 0 Å². The summed E-state index contributed by atoms with van der Waals surface area (Å²) >= 11 is 0. The second-order valence-electron chi connectivity index (χ2n) is 2.23. The summed E-state index contributed by atoms with van der Waals surface area (Å²) in [6.45, 7) is 0. The Morgan fingerprint density at radius 1 is 1.40 bits per heavy atom. The average molecular weight is 292 g/mol. The fourth-order valence-corrected chi connectivity index (χ4v) is 0.987. The van der Waals surface area contributed by atoms with Gasteiger partial charge < -0.3 is 39.7 Å². The van der Waals surface area contributed by atoms with E-state index in [9.17, 15) is 0 Å². The van der Waals surface area contributed by atoms with E-state index in [0.717, 1.165) is 6.40 Å². The Kier molecular flexibility index (Phi) is 13.7. The van der Waals surface area contributed by atoms with Gasteiger partial charge in [-0.15, -0.1) is 0 Å². The normalized spacial score (nSPS) is 17.5. The van der Waals surface area contributed by atoms with Crippen molar-refractivity contribution in [3.63, 3.8) is 0 Å². The van der Waals surface area contributed by atoms with E-state index >= 15 is 0 Å². The zero-order valence-electron chi connectivity index (χ0n) is 7.84. The molecule has 1 radical (unpaired) electrons. The van der Waals surface area contributed by atoms with Crippen LogP contribution in [0.15, 0.2) is 24.0 Å². The van der Waals surface area contributed by atoms with E-state index < -0.39 is 6.10 Å². The summed E-state index contributed by atoms with van der Waals surface area (Å²) in [4.78, 5) is 0. The molecule has 0 aromatic heterocycles. The average Bonchev–Trinajstić information content (AvgIpc) is 2.05. The molecule has 1 atom stereocenters. The topological polar surface area (TPSA) is 66.2 Å². The van der Waals surface area contributed by atoms with E-state index in [-0.39, 0.29) is 41.9 Å². The number of ether oxygens (including phenoxy) is 2. The van der Waals surface area contributed by atoms with Crippen LogP contribution in [0.1, 0.15) is 0 Å². The van der Waals surface area contributed by atoms with Crippen LogP contribution in [0.5, 0.6) is 0 Å². The van der Waals surface area contributed by atoms with Crippen LogP contribution < -0.4 is 24.8 Å². The number of halogens is 2. The standard InChI is InChI=1S/C8H10N2O2.2ClH.Mn/c1-11-8-6(10)3-2-4-7(8)12-5-9;;;/h2-5,8-10H,1H3;2*1H;/q;;;+2/p-2. The van der Waals surface area contributed by atoms with Gasteiger partial charge in [-0.2, -0.15) is 0 Å². The van der Waals surface area contributed by atoms with E-state index in [0.29, 0.717) is 11.5 Å². The predicted molar refractivity (Wildman–Crippen MR) is 45.6 cm³/mol. The van der Waals surface area contributed by atoms with Gasteiger partial charge in [0.15, 0.2) is 12.5 Å². The van der Waals surface area contributed by atoms with Crippen LogP contribution >= 0.6 is 0 Å². The van der Waals surface area contributed by atoms with Crippen molar-refractivity contribution >= 4 is 12.1 Å². The summed E-state index contributed by atoms with van der Waals surface area (Å²) in [7, 11) is 1.50. The van der Waals surface area contributed by atoms with Crippen molar-refractivity contribution < 1.29 is 51.4 Å². The molecule has 0 aliphatic heterocycles. The molecule has 0 saturated carbocycles. The molecule has 1 aliphatic carbocycles. The van der Waals surface area contributed by atoms with Crippen molar-refractivity contribution in [2.45, 2.75) is 6.10 Å². The molecule has 2 N–H and O–H groups in total. The Bertz CT molecular complexity index is 269. The van der Waals surface area contributed by atoms with Crippen molar-refractivity contribution in [1.82, 2.24) is 0 Å². The minimum absolute atomic E-state index is 0. The van der Waals surface area contributed by atoms with Gasteiger partial charge in [-0.25, -0.2) is 0 Å². The van der Waals surface area contributed by atoms with Gasteiger partial charge in [0, 0.05) is 7.11 Å². The van der Waals surface area contributed by atoms with Crippen LogP contribution in [0, 0.1) is 10.8 Å². The first kappa shape index (κ1) is 20.1. The number of hydrogen-bond donors (Lipinski definition) is 2. The van der Waals surface area contributed by atoms with Crippen molar-refractivity contribution in [3.8, 4) is 0 Å². The van der Waals surface area contributed by atoms with Gasteiger partial charge in [-0.3, -0.25) is 5.41 Å². The third kappa shape index (κ3) is 5.35. The molecule has 0 aromatic rings. The Morgan fingerprint density at radius 3 is 2.47 bits per heavy atom. The molecular weight excluding hydrogens is 282 g/mol. The van der Waals surface area contributed by atoms with Crippen LogP contribution in [0.4, 0.5) is 0 Å². The summed E-state index contributed by atoms with van der Waals surface area (Å²) in [5.41, 5.74) is 0.330. The van der Waals surface area contributed by atoms with Gasteiger partial charge >= 0.3 is 17.1 Å². The molecule has 0 heterocycles. The van der Waals surface area contributed by atoms with Gasteiger partial charge in [0.05, 0.1) is 5.71 Å². The number of allylic oxidation sites excluding steroid dienone is 2. The maximum atomic E-state index is 7.45. The SMILES string of the molecule is COC1C(=N)C=CC=C1OC=N.[Cl-].[Cl-].[Mn+2]. The molecule has 1 rings (SSSR count). The summed E-state index contributed by atoms with van der Waals surface area (Å²) in [5.74, 6) is 0.472. The van der Waals surface area contributed by atoms with Crippen molar-refractivity contribution in [2.24, 2.45) is 0 Å². The minimum Gasteiger partial charge on any atom is -1.00 e. The van der Waals surface area contributed by atoms with Gasteiger partial charge in [0.2, 0.25) is 0 Å². The van der Waals surface area contributed by atoms with Gasteiger partial charge in [-0.05, 0) is 12.2 Å². The molecule has 0 saturated heterocycles. The smallest absolute Gasteiger partial charge is 1.00 e. The summed E-state index contributed by atoms with van der Waals surface area (Å²) < 4.78 is 9.84. The Labute approximate surface area is 111 Å². The van der Waals surface area contributed by atoms with Crippen LogP contribution in [-0.4, -0.2) is 25.3 Å². The maximum absolute atomic E-state index is 7.45. The molecule has 0 amide bonds. The van der Waals surface area contributed by atoms with Crippen molar-refractivity contribution in [3.05, 3.63) is 24.0 Å². The molecule has 4 nitrogen and oxygen atoms in total. The zero-order valence-corrected chi connectivity index (χ0v) is 10.5.